The number of rotatable bonds is 3. The number of alkyl halides is 9. The van der Waals surface area contributed by atoms with Crippen LogP contribution in [0.2, 0.25) is 0 Å². The van der Waals surface area contributed by atoms with Crippen LogP contribution in [0.5, 0.6) is 0 Å². The van der Waals surface area contributed by atoms with Gasteiger partial charge in [-0.25, -0.2) is 0 Å². The Labute approximate surface area is 132 Å². The maximum absolute atomic E-state index is 14.0. The highest BCUT2D eigenvalue weighted by Crippen LogP contribution is 2.52. The molecule has 0 atom stereocenters. The molecule has 9 heteroatoms. The Kier molecular flexibility index (Phi) is 4.78. The van der Waals surface area contributed by atoms with E-state index >= 15 is 0 Å². The van der Waals surface area contributed by atoms with E-state index in [2.05, 4.69) is 0 Å². The molecule has 0 radical (unpaired) electrons. The highest BCUT2D eigenvalue weighted by Gasteiger charge is 2.62. The minimum atomic E-state index is -6.06. The van der Waals surface area contributed by atoms with Crippen LogP contribution >= 0.6 is 0 Å². The minimum absolute atomic E-state index is 0.131. The summed E-state index contributed by atoms with van der Waals surface area (Å²) in [6.45, 7) is 3.14. The number of benzene rings is 1. The van der Waals surface area contributed by atoms with Crippen LogP contribution in [0.3, 0.4) is 0 Å². The number of hydrogen-bond acceptors (Lipinski definition) is 0. The van der Waals surface area contributed by atoms with Crippen molar-refractivity contribution in [2.45, 2.75) is 57.1 Å². The SMILES string of the molecule is CC(C)(C)c1c(C(F)(F)C(C)(F)F)cccc1C(F)(F)C(F)(F)F. The molecule has 0 fully saturated rings. The minimum Gasteiger partial charge on any atom is -0.200 e. The summed E-state index contributed by atoms with van der Waals surface area (Å²) in [5.41, 5.74) is -6.14. The molecule has 138 valence electrons. The first-order valence-electron chi connectivity index (χ1n) is 6.69. The van der Waals surface area contributed by atoms with Crippen LogP contribution in [0.4, 0.5) is 39.5 Å². The van der Waals surface area contributed by atoms with Crippen LogP contribution in [-0.2, 0) is 17.3 Å². The molecule has 1 aromatic carbocycles. The Morgan fingerprint density at radius 3 is 1.29 bits per heavy atom. The van der Waals surface area contributed by atoms with Crippen molar-refractivity contribution >= 4 is 0 Å². The average molecular weight is 366 g/mol. The first-order valence-corrected chi connectivity index (χ1v) is 6.69. The second-order valence-corrected chi connectivity index (χ2v) is 6.51. The van der Waals surface area contributed by atoms with Gasteiger partial charge in [-0.05, 0) is 11.0 Å². The molecule has 0 amide bonds. The Balaban J connectivity index is 3.90. The van der Waals surface area contributed by atoms with Gasteiger partial charge < -0.3 is 0 Å². The van der Waals surface area contributed by atoms with Crippen LogP contribution in [0, 0.1) is 0 Å². The van der Waals surface area contributed by atoms with Gasteiger partial charge in [-0.1, -0.05) is 39.0 Å². The highest BCUT2D eigenvalue weighted by atomic mass is 19.4. The zero-order chi connectivity index (χ0) is 19.4. The van der Waals surface area contributed by atoms with E-state index in [1.807, 2.05) is 0 Å². The molecule has 1 aromatic rings. The van der Waals surface area contributed by atoms with Crippen LogP contribution < -0.4 is 0 Å². The van der Waals surface area contributed by atoms with Crippen molar-refractivity contribution in [1.29, 1.82) is 0 Å². The third-order valence-corrected chi connectivity index (χ3v) is 3.40. The summed E-state index contributed by atoms with van der Waals surface area (Å²) in [5.74, 6) is -15.0. The highest BCUT2D eigenvalue weighted by molar-refractivity contribution is 5.46. The van der Waals surface area contributed by atoms with E-state index in [4.69, 9.17) is 0 Å². The third kappa shape index (κ3) is 3.35. The summed E-state index contributed by atoms with van der Waals surface area (Å²) in [5, 5.41) is 0. The Hall–Kier alpha value is -1.41. The van der Waals surface area contributed by atoms with E-state index in [-0.39, 0.29) is 6.92 Å². The molecule has 1 rings (SSSR count). The van der Waals surface area contributed by atoms with Gasteiger partial charge in [0.25, 0.3) is 0 Å². The quantitative estimate of drug-likeness (QED) is 0.544. The predicted octanol–water partition coefficient (Wildman–Crippen LogP) is 6.39. The van der Waals surface area contributed by atoms with Crippen molar-refractivity contribution in [2.75, 3.05) is 0 Å². The van der Waals surface area contributed by atoms with Crippen molar-refractivity contribution in [3.05, 3.63) is 34.9 Å². The largest absolute Gasteiger partial charge is 0.458 e. The molecule has 0 aliphatic carbocycles. The van der Waals surface area contributed by atoms with Crippen LogP contribution in [-0.4, -0.2) is 12.1 Å². The fourth-order valence-electron chi connectivity index (χ4n) is 2.27. The Morgan fingerprint density at radius 1 is 0.625 bits per heavy atom. The monoisotopic (exact) mass is 366 g/mol. The zero-order valence-corrected chi connectivity index (χ0v) is 13.1. The molecular formula is C15H15F9. The van der Waals surface area contributed by atoms with Crippen LogP contribution in [0.25, 0.3) is 0 Å². The second-order valence-electron chi connectivity index (χ2n) is 6.51. The maximum atomic E-state index is 14.0. The number of halogens is 9. The predicted molar refractivity (Wildman–Crippen MR) is 69.6 cm³/mol. The average Bonchev–Trinajstić information content (AvgIpc) is 2.34. The van der Waals surface area contributed by atoms with E-state index in [1.54, 1.807) is 0 Å². The molecular weight excluding hydrogens is 351 g/mol. The van der Waals surface area contributed by atoms with E-state index in [0.717, 1.165) is 20.8 Å². The summed E-state index contributed by atoms with van der Waals surface area (Å²) >= 11 is 0. The van der Waals surface area contributed by atoms with Crippen molar-refractivity contribution in [3.63, 3.8) is 0 Å². The van der Waals surface area contributed by atoms with Gasteiger partial charge in [0.2, 0.25) is 0 Å². The lowest BCUT2D eigenvalue weighted by Crippen LogP contribution is -2.40. The summed E-state index contributed by atoms with van der Waals surface area (Å²) in [4.78, 5) is 0. The molecule has 0 nitrogen and oxygen atoms in total. The van der Waals surface area contributed by atoms with Crippen molar-refractivity contribution in [2.24, 2.45) is 0 Å². The van der Waals surface area contributed by atoms with E-state index in [1.165, 1.54) is 0 Å². The van der Waals surface area contributed by atoms with Gasteiger partial charge in [0.05, 0.1) is 0 Å². The van der Waals surface area contributed by atoms with Gasteiger partial charge in [0, 0.05) is 18.1 Å². The molecule has 0 unspecified atom stereocenters. The lowest BCUT2D eigenvalue weighted by molar-refractivity contribution is -0.289. The van der Waals surface area contributed by atoms with Crippen LogP contribution in [0.15, 0.2) is 18.2 Å². The molecule has 0 heterocycles. The summed E-state index contributed by atoms with van der Waals surface area (Å²) in [6.07, 6.45) is -6.06. The number of hydrogen-bond donors (Lipinski definition) is 0. The second kappa shape index (κ2) is 5.56. The molecule has 0 N–H and O–H groups in total. The summed E-state index contributed by atoms with van der Waals surface area (Å²) in [7, 11) is 0. The van der Waals surface area contributed by atoms with Crippen molar-refractivity contribution in [1.82, 2.24) is 0 Å². The van der Waals surface area contributed by atoms with Gasteiger partial charge in [-0.3, -0.25) is 0 Å². The molecule has 0 spiro atoms. The molecule has 0 bridgehead atoms. The zero-order valence-electron chi connectivity index (χ0n) is 13.1. The molecule has 0 aliphatic heterocycles. The Morgan fingerprint density at radius 2 is 1.00 bits per heavy atom. The van der Waals surface area contributed by atoms with E-state index in [9.17, 15) is 39.5 Å². The molecule has 0 saturated carbocycles. The smallest absolute Gasteiger partial charge is 0.200 e. The maximum Gasteiger partial charge on any atom is 0.458 e. The molecule has 0 aromatic heterocycles. The topological polar surface area (TPSA) is 0 Å². The van der Waals surface area contributed by atoms with E-state index < -0.39 is 46.0 Å². The third-order valence-electron chi connectivity index (χ3n) is 3.40. The van der Waals surface area contributed by atoms with Crippen LogP contribution in [0.1, 0.15) is 44.4 Å². The first-order chi connectivity index (χ1) is 10.3. The Bertz CT molecular complexity index is 557. The standard InChI is InChI=1S/C15H15F9/c1-11(2,3)10-8(13(18,19)12(4,16)17)6-5-7-9(10)14(20,21)15(22,23)24/h5-7H,1-4H3. The van der Waals surface area contributed by atoms with Gasteiger partial charge >= 0.3 is 23.9 Å². The first kappa shape index (κ1) is 20.6. The van der Waals surface area contributed by atoms with Gasteiger partial charge in [0.1, 0.15) is 0 Å². The fraction of sp³-hybridized carbons (Fsp3) is 0.600. The summed E-state index contributed by atoms with van der Waals surface area (Å²) in [6, 6.07) is 1.24. The normalized spacial score (nSPS) is 14.9. The molecule has 24 heavy (non-hydrogen) atoms. The summed E-state index contributed by atoms with van der Waals surface area (Å²) < 4.78 is 120. The van der Waals surface area contributed by atoms with E-state index in [0.29, 0.717) is 18.2 Å². The van der Waals surface area contributed by atoms with Gasteiger partial charge in [-0.2, -0.15) is 39.5 Å². The molecule has 0 aliphatic rings. The molecule has 0 saturated heterocycles. The van der Waals surface area contributed by atoms with Crippen molar-refractivity contribution in [3.8, 4) is 0 Å². The lowest BCUT2D eigenvalue weighted by atomic mass is 9.76. The lowest BCUT2D eigenvalue weighted by Gasteiger charge is -2.34. The fourth-order valence-corrected chi connectivity index (χ4v) is 2.27. The van der Waals surface area contributed by atoms with Crippen molar-refractivity contribution < 1.29 is 39.5 Å². The van der Waals surface area contributed by atoms with Gasteiger partial charge in [-0.15, -0.1) is 0 Å². The van der Waals surface area contributed by atoms with Gasteiger partial charge in [0.15, 0.2) is 0 Å².